The lowest BCUT2D eigenvalue weighted by molar-refractivity contribution is 0.356. The molecule has 1 unspecified atom stereocenters. The lowest BCUT2D eigenvalue weighted by Crippen LogP contribution is -2.13. The van der Waals surface area contributed by atoms with Crippen molar-refractivity contribution in [2.75, 3.05) is 6.54 Å². The molecule has 0 saturated carbocycles. The highest BCUT2D eigenvalue weighted by atomic mass is 16.5. The van der Waals surface area contributed by atoms with Gasteiger partial charge in [0.2, 0.25) is 5.89 Å². The van der Waals surface area contributed by atoms with Crippen LogP contribution in [0.5, 0.6) is 0 Å². The van der Waals surface area contributed by atoms with Gasteiger partial charge in [-0.1, -0.05) is 42.4 Å². The standard InChI is InChI=1S/C13H17N3O/c1-10(9-14)7-13-15-12(16-17-13)8-11-5-3-2-4-6-11/h2-6,10H,7-9,14H2,1H3. The molecule has 2 aromatic rings. The molecule has 0 spiro atoms. The van der Waals surface area contributed by atoms with Gasteiger partial charge in [0.15, 0.2) is 5.82 Å². The van der Waals surface area contributed by atoms with Crippen LogP contribution in [-0.2, 0) is 12.8 Å². The number of nitrogens with two attached hydrogens (primary N) is 1. The summed E-state index contributed by atoms with van der Waals surface area (Å²) in [5.74, 6) is 1.78. The molecule has 2 N–H and O–H groups in total. The minimum Gasteiger partial charge on any atom is -0.339 e. The Kier molecular flexibility index (Phi) is 3.88. The van der Waals surface area contributed by atoms with Gasteiger partial charge in [0.05, 0.1) is 0 Å². The van der Waals surface area contributed by atoms with E-state index >= 15 is 0 Å². The molecule has 0 saturated heterocycles. The average Bonchev–Trinajstić information content (AvgIpc) is 2.77. The Morgan fingerprint density at radius 1 is 1.29 bits per heavy atom. The fraction of sp³-hybridized carbons (Fsp3) is 0.385. The van der Waals surface area contributed by atoms with Gasteiger partial charge < -0.3 is 10.3 Å². The zero-order valence-corrected chi connectivity index (χ0v) is 9.97. The van der Waals surface area contributed by atoms with E-state index in [4.69, 9.17) is 10.3 Å². The highest BCUT2D eigenvalue weighted by molar-refractivity contribution is 5.18. The Morgan fingerprint density at radius 3 is 2.76 bits per heavy atom. The largest absolute Gasteiger partial charge is 0.339 e. The summed E-state index contributed by atoms with van der Waals surface area (Å²) in [6.45, 7) is 2.71. The summed E-state index contributed by atoms with van der Waals surface area (Å²) in [5.41, 5.74) is 6.75. The van der Waals surface area contributed by atoms with Crippen LogP contribution in [0.3, 0.4) is 0 Å². The third-order valence-electron chi connectivity index (χ3n) is 2.64. The summed E-state index contributed by atoms with van der Waals surface area (Å²) in [4.78, 5) is 4.36. The smallest absolute Gasteiger partial charge is 0.226 e. The second-order valence-electron chi connectivity index (χ2n) is 4.31. The van der Waals surface area contributed by atoms with Crippen LogP contribution in [0.2, 0.25) is 0 Å². The SMILES string of the molecule is CC(CN)Cc1nc(Cc2ccccc2)no1. The van der Waals surface area contributed by atoms with Crippen molar-refractivity contribution >= 4 is 0 Å². The van der Waals surface area contributed by atoms with E-state index in [1.807, 2.05) is 18.2 Å². The number of aromatic nitrogens is 2. The molecule has 1 aromatic heterocycles. The van der Waals surface area contributed by atoms with Gasteiger partial charge in [-0.2, -0.15) is 4.98 Å². The molecule has 1 atom stereocenters. The zero-order valence-electron chi connectivity index (χ0n) is 9.97. The maximum absolute atomic E-state index is 5.56. The first-order valence-corrected chi connectivity index (χ1v) is 5.83. The topological polar surface area (TPSA) is 64.9 Å². The van der Waals surface area contributed by atoms with E-state index in [1.165, 1.54) is 5.56 Å². The van der Waals surface area contributed by atoms with Crippen molar-refractivity contribution in [1.82, 2.24) is 10.1 Å². The van der Waals surface area contributed by atoms with E-state index in [0.717, 1.165) is 12.2 Å². The summed E-state index contributed by atoms with van der Waals surface area (Å²) >= 11 is 0. The lowest BCUT2D eigenvalue weighted by atomic mass is 10.1. The van der Waals surface area contributed by atoms with Gasteiger partial charge in [-0.25, -0.2) is 0 Å². The Bertz CT molecular complexity index is 453. The van der Waals surface area contributed by atoms with Crippen LogP contribution in [0.25, 0.3) is 0 Å². The van der Waals surface area contributed by atoms with E-state index in [2.05, 4.69) is 29.2 Å². The van der Waals surface area contributed by atoms with Crippen LogP contribution in [0.1, 0.15) is 24.2 Å². The van der Waals surface area contributed by atoms with Crippen LogP contribution in [0, 0.1) is 5.92 Å². The highest BCUT2D eigenvalue weighted by Gasteiger charge is 2.10. The van der Waals surface area contributed by atoms with Crippen molar-refractivity contribution in [3.63, 3.8) is 0 Å². The molecule has 90 valence electrons. The van der Waals surface area contributed by atoms with Gasteiger partial charge >= 0.3 is 0 Å². The molecule has 1 heterocycles. The monoisotopic (exact) mass is 231 g/mol. The maximum atomic E-state index is 5.56. The molecule has 1 aromatic carbocycles. The predicted octanol–water partition coefficient (Wildman–Crippen LogP) is 1.80. The van der Waals surface area contributed by atoms with Crippen molar-refractivity contribution in [3.8, 4) is 0 Å². The molecular weight excluding hydrogens is 214 g/mol. The maximum Gasteiger partial charge on any atom is 0.226 e. The average molecular weight is 231 g/mol. The molecular formula is C13H17N3O. The third-order valence-corrected chi connectivity index (χ3v) is 2.64. The van der Waals surface area contributed by atoms with Gasteiger partial charge in [-0.15, -0.1) is 0 Å². The third kappa shape index (κ3) is 3.39. The molecule has 0 aliphatic heterocycles. The molecule has 4 heteroatoms. The van der Waals surface area contributed by atoms with Gasteiger partial charge in [0, 0.05) is 12.8 Å². The zero-order chi connectivity index (χ0) is 12.1. The first-order chi connectivity index (χ1) is 8.28. The Balaban J connectivity index is 1.99. The van der Waals surface area contributed by atoms with E-state index in [-0.39, 0.29) is 0 Å². The fourth-order valence-electron chi connectivity index (χ4n) is 1.60. The van der Waals surface area contributed by atoms with E-state index in [9.17, 15) is 0 Å². The molecule has 0 fully saturated rings. The van der Waals surface area contributed by atoms with Crippen molar-refractivity contribution < 1.29 is 4.52 Å². The molecule has 4 nitrogen and oxygen atoms in total. The van der Waals surface area contributed by atoms with E-state index < -0.39 is 0 Å². The quantitative estimate of drug-likeness (QED) is 0.852. The van der Waals surface area contributed by atoms with Crippen LogP contribution < -0.4 is 5.73 Å². The van der Waals surface area contributed by atoms with Crippen LogP contribution in [0.4, 0.5) is 0 Å². The predicted molar refractivity (Wildman–Crippen MR) is 65.5 cm³/mol. The van der Waals surface area contributed by atoms with Crippen LogP contribution in [-0.4, -0.2) is 16.7 Å². The summed E-state index contributed by atoms with van der Waals surface area (Å²) < 4.78 is 5.19. The van der Waals surface area contributed by atoms with E-state index in [1.54, 1.807) is 0 Å². The van der Waals surface area contributed by atoms with Crippen molar-refractivity contribution in [1.29, 1.82) is 0 Å². The second kappa shape index (κ2) is 5.59. The summed E-state index contributed by atoms with van der Waals surface area (Å²) in [6, 6.07) is 10.1. The molecule has 0 radical (unpaired) electrons. The summed E-state index contributed by atoms with van der Waals surface area (Å²) in [5, 5.41) is 3.97. The summed E-state index contributed by atoms with van der Waals surface area (Å²) in [6.07, 6.45) is 1.46. The number of benzene rings is 1. The Morgan fingerprint density at radius 2 is 2.06 bits per heavy atom. The number of hydrogen-bond donors (Lipinski definition) is 1. The fourth-order valence-corrected chi connectivity index (χ4v) is 1.60. The Hall–Kier alpha value is -1.68. The van der Waals surface area contributed by atoms with Gasteiger partial charge in [-0.3, -0.25) is 0 Å². The first-order valence-electron chi connectivity index (χ1n) is 5.83. The molecule has 17 heavy (non-hydrogen) atoms. The molecule has 2 rings (SSSR count). The number of rotatable bonds is 5. The number of nitrogens with zero attached hydrogens (tertiary/aromatic N) is 2. The molecule has 0 amide bonds. The van der Waals surface area contributed by atoms with Gasteiger partial charge in [-0.05, 0) is 18.0 Å². The van der Waals surface area contributed by atoms with Crippen LogP contribution in [0.15, 0.2) is 34.9 Å². The lowest BCUT2D eigenvalue weighted by Gasteiger charge is -2.01. The van der Waals surface area contributed by atoms with Crippen LogP contribution >= 0.6 is 0 Å². The molecule has 0 aliphatic rings. The van der Waals surface area contributed by atoms with Crippen molar-refractivity contribution in [3.05, 3.63) is 47.6 Å². The van der Waals surface area contributed by atoms with Gasteiger partial charge in [0.1, 0.15) is 0 Å². The molecule has 0 aliphatic carbocycles. The second-order valence-corrected chi connectivity index (χ2v) is 4.31. The highest BCUT2D eigenvalue weighted by Crippen LogP contribution is 2.09. The van der Waals surface area contributed by atoms with Crippen molar-refractivity contribution in [2.24, 2.45) is 11.7 Å². The van der Waals surface area contributed by atoms with Gasteiger partial charge in [0.25, 0.3) is 0 Å². The van der Waals surface area contributed by atoms with E-state index in [0.29, 0.717) is 24.8 Å². The molecule has 0 bridgehead atoms. The number of hydrogen-bond acceptors (Lipinski definition) is 4. The van der Waals surface area contributed by atoms with Crippen molar-refractivity contribution in [2.45, 2.75) is 19.8 Å². The summed E-state index contributed by atoms with van der Waals surface area (Å²) in [7, 11) is 0. The Labute approximate surface area is 101 Å². The minimum absolute atomic E-state index is 0.375. The first kappa shape index (κ1) is 11.8. The normalized spacial score (nSPS) is 12.6. The minimum atomic E-state index is 0.375.